The maximum absolute atomic E-state index is 11.9. The van der Waals surface area contributed by atoms with E-state index in [-0.39, 0.29) is 30.8 Å². The largest absolute Gasteiger partial charge is 0.493 e. The second-order valence-corrected chi connectivity index (χ2v) is 5.52. The normalized spacial score (nSPS) is 10.8. The van der Waals surface area contributed by atoms with E-state index in [2.05, 4.69) is 15.5 Å². The van der Waals surface area contributed by atoms with Crippen molar-refractivity contribution in [2.24, 2.45) is 0 Å². The molecule has 0 spiro atoms. The molecule has 2 aromatic heterocycles. The Kier molecular flexibility index (Phi) is 4.34. The number of nitrogens with one attached hydrogen (secondary N) is 1. The predicted octanol–water partition coefficient (Wildman–Crippen LogP) is 3.89. The van der Waals surface area contributed by atoms with Gasteiger partial charge < -0.3 is 13.6 Å². The lowest BCUT2D eigenvalue weighted by atomic mass is 10.2. The van der Waals surface area contributed by atoms with Crippen molar-refractivity contribution in [1.82, 2.24) is 10.2 Å². The summed E-state index contributed by atoms with van der Waals surface area (Å²) in [5.41, 5.74) is 0.726. The minimum Gasteiger partial charge on any atom is -0.493 e. The molecule has 0 aliphatic heterocycles. The van der Waals surface area contributed by atoms with E-state index in [1.807, 2.05) is 60.7 Å². The van der Waals surface area contributed by atoms with Crippen LogP contribution in [0.4, 0.5) is 6.01 Å². The van der Waals surface area contributed by atoms with Crippen molar-refractivity contribution in [2.75, 3.05) is 11.9 Å². The van der Waals surface area contributed by atoms with Crippen molar-refractivity contribution < 1.29 is 18.4 Å². The molecule has 0 fully saturated rings. The van der Waals surface area contributed by atoms with Crippen LogP contribution in [0.5, 0.6) is 5.75 Å². The van der Waals surface area contributed by atoms with Crippen LogP contribution in [0.3, 0.4) is 0 Å². The molecule has 0 saturated carbocycles. The van der Waals surface area contributed by atoms with Gasteiger partial charge in [-0.3, -0.25) is 10.1 Å². The van der Waals surface area contributed by atoms with Crippen LogP contribution < -0.4 is 10.1 Å². The van der Waals surface area contributed by atoms with Crippen LogP contribution in [0.2, 0.25) is 0 Å². The number of nitrogens with zero attached hydrogens (tertiary/aromatic N) is 2. The number of aromatic nitrogens is 2. The van der Waals surface area contributed by atoms with Gasteiger partial charge in [-0.05, 0) is 24.3 Å². The highest BCUT2D eigenvalue weighted by Crippen LogP contribution is 2.27. The summed E-state index contributed by atoms with van der Waals surface area (Å²) >= 11 is 0. The maximum Gasteiger partial charge on any atom is 0.322 e. The first kappa shape index (κ1) is 15.9. The topological polar surface area (TPSA) is 90.4 Å². The molecule has 4 rings (SSSR count). The molecule has 0 aliphatic carbocycles. The van der Waals surface area contributed by atoms with Crippen molar-refractivity contribution in [3.05, 3.63) is 60.7 Å². The van der Waals surface area contributed by atoms with Gasteiger partial charge in [0, 0.05) is 5.39 Å². The second-order valence-electron chi connectivity index (χ2n) is 5.52. The zero-order valence-corrected chi connectivity index (χ0v) is 13.7. The average molecular weight is 349 g/mol. The Labute approximate surface area is 148 Å². The third-order valence-corrected chi connectivity index (χ3v) is 3.65. The van der Waals surface area contributed by atoms with Gasteiger partial charge in [0.2, 0.25) is 5.91 Å². The van der Waals surface area contributed by atoms with Crippen LogP contribution in [0, 0.1) is 0 Å². The third-order valence-electron chi connectivity index (χ3n) is 3.65. The highest BCUT2D eigenvalue weighted by Gasteiger charge is 2.15. The molecular formula is C19H15N3O4. The van der Waals surface area contributed by atoms with Crippen LogP contribution in [0.15, 0.2) is 69.5 Å². The smallest absolute Gasteiger partial charge is 0.322 e. The summed E-state index contributed by atoms with van der Waals surface area (Å²) in [6, 6.07) is 18.7. The first-order valence-corrected chi connectivity index (χ1v) is 8.08. The number of carbonyl (C=O) groups excluding carboxylic acids is 1. The van der Waals surface area contributed by atoms with E-state index in [0.717, 1.165) is 11.0 Å². The Morgan fingerprint density at radius 1 is 1.00 bits per heavy atom. The number of carbonyl (C=O) groups is 1. The van der Waals surface area contributed by atoms with E-state index in [1.54, 1.807) is 0 Å². The van der Waals surface area contributed by atoms with E-state index in [0.29, 0.717) is 11.5 Å². The van der Waals surface area contributed by atoms with Crippen molar-refractivity contribution in [3.8, 4) is 17.4 Å². The zero-order chi connectivity index (χ0) is 17.8. The summed E-state index contributed by atoms with van der Waals surface area (Å²) in [7, 11) is 0. The number of amides is 1. The fourth-order valence-corrected chi connectivity index (χ4v) is 2.42. The minimum atomic E-state index is -0.277. The van der Waals surface area contributed by atoms with Crippen LogP contribution in [-0.4, -0.2) is 22.7 Å². The Hall–Kier alpha value is -3.61. The maximum atomic E-state index is 11.9. The van der Waals surface area contributed by atoms with Gasteiger partial charge in [0.05, 0.1) is 13.0 Å². The van der Waals surface area contributed by atoms with Gasteiger partial charge in [0.15, 0.2) is 5.76 Å². The third kappa shape index (κ3) is 3.56. The minimum absolute atomic E-state index is 0.0187. The molecular weight excluding hydrogens is 334 g/mol. The lowest BCUT2D eigenvalue weighted by Crippen LogP contribution is -2.15. The van der Waals surface area contributed by atoms with Crippen LogP contribution >= 0.6 is 0 Å². The lowest BCUT2D eigenvalue weighted by Gasteiger charge is -2.04. The number of para-hydroxylation sites is 2. The molecule has 26 heavy (non-hydrogen) atoms. The van der Waals surface area contributed by atoms with Gasteiger partial charge in [-0.2, -0.15) is 0 Å². The van der Waals surface area contributed by atoms with E-state index in [1.165, 1.54) is 0 Å². The summed E-state index contributed by atoms with van der Waals surface area (Å²) in [6.07, 6.45) is 0.164. The fraction of sp³-hybridized carbons (Fsp3) is 0.105. The van der Waals surface area contributed by atoms with Crippen molar-refractivity contribution in [3.63, 3.8) is 0 Å². The number of furan rings is 1. The standard InChI is InChI=1S/C19H15N3O4/c23-17(10-11-24-14-7-2-1-3-8-14)20-19-22-21-18(26-19)16-12-13-6-4-5-9-15(13)25-16/h1-9,12H,10-11H2,(H,20,22,23). The molecule has 2 heterocycles. The van der Waals surface area contributed by atoms with Gasteiger partial charge in [-0.25, -0.2) is 0 Å². The highest BCUT2D eigenvalue weighted by atomic mass is 16.5. The number of benzene rings is 2. The Balaban J connectivity index is 1.35. The van der Waals surface area contributed by atoms with Gasteiger partial charge >= 0.3 is 6.01 Å². The summed E-state index contributed by atoms with van der Waals surface area (Å²) in [6.45, 7) is 0.250. The van der Waals surface area contributed by atoms with E-state index >= 15 is 0 Å². The van der Waals surface area contributed by atoms with E-state index < -0.39 is 0 Å². The molecule has 0 unspecified atom stereocenters. The van der Waals surface area contributed by atoms with Crippen molar-refractivity contribution in [1.29, 1.82) is 0 Å². The number of fused-ring (bicyclic) bond motifs is 1. The quantitative estimate of drug-likeness (QED) is 0.568. The number of hydrogen-bond donors (Lipinski definition) is 1. The molecule has 0 bridgehead atoms. The second kappa shape index (κ2) is 7.10. The molecule has 7 nitrogen and oxygen atoms in total. The molecule has 7 heteroatoms. The van der Waals surface area contributed by atoms with E-state index in [9.17, 15) is 4.79 Å². The molecule has 0 atom stereocenters. The monoisotopic (exact) mass is 349 g/mol. The number of rotatable bonds is 6. The molecule has 0 aliphatic rings. The Morgan fingerprint density at radius 2 is 1.81 bits per heavy atom. The molecule has 130 valence electrons. The number of ether oxygens (including phenoxy) is 1. The van der Waals surface area contributed by atoms with Gasteiger partial charge in [-0.1, -0.05) is 41.5 Å². The SMILES string of the molecule is O=C(CCOc1ccccc1)Nc1nnc(-c2cc3ccccc3o2)o1. The lowest BCUT2D eigenvalue weighted by molar-refractivity contribution is -0.116. The molecule has 1 N–H and O–H groups in total. The Bertz CT molecular complexity index is 990. The average Bonchev–Trinajstić information content (AvgIpc) is 3.29. The predicted molar refractivity (Wildman–Crippen MR) is 94.7 cm³/mol. The molecule has 0 saturated heterocycles. The summed E-state index contributed by atoms with van der Waals surface area (Å²) < 4.78 is 16.6. The van der Waals surface area contributed by atoms with Crippen LogP contribution in [0.1, 0.15) is 6.42 Å². The van der Waals surface area contributed by atoms with Gasteiger partial charge in [-0.15, -0.1) is 5.10 Å². The summed E-state index contributed by atoms with van der Waals surface area (Å²) in [5, 5.41) is 11.2. The first-order valence-electron chi connectivity index (χ1n) is 8.08. The van der Waals surface area contributed by atoms with Crippen LogP contribution in [0.25, 0.3) is 22.6 Å². The van der Waals surface area contributed by atoms with Crippen LogP contribution in [-0.2, 0) is 4.79 Å². The summed E-state index contributed by atoms with van der Waals surface area (Å²) in [4.78, 5) is 11.9. The fourth-order valence-electron chi connectivity index (χ4n) is 2.42. The Morgan fingerprint density at radius 3 is 2.65 bits per heavy atom. The zero-order valence-electron chi connectivity index (χ0n) is 13.7. The van der Waals surface area contributed by atoms with Gasteiger partial charge in [0.25, 0.3) is 5.89 Å². The number of anilines is 1. The summed E-state index contributed by atoms with van der Waals surface area (Å²) in [5.74, 6) is 1.09. The highest BCUT2D eigenvalue weighted by molar-refractivity contribution is 5.88. The molecule has 1 amide bonds. The molecule has 0 radical (unpaired) electrons. The molecule has 2 aromatic carbocycles. The molecule has 4 aromatic rings. The van der Waals surface area contributed by atoms with Crippen molar-refractivity contribution >= 4 is 22.9 Å². The van der Waals surface area contributed by atoms with Gasteiger partial charge in [0.1, 0.15) is 11.3 Å². The number of hydrogen-bond acceptors (Lipinski definition) is 6. The first-order chi connectivity index (χ1) is 12.8. The van der Waals surface area contributed by atoms with E-state index in [4.69, 9.17) is 13.6 Å². The van der Waals surface area contributed by atoms with Crippen molar-refractivity contribution in [2.45, 2.75) is 6.42 Å².